The molecular weight excluding hydrogens is 182 g/mol. The second kappa shape index (κ2) is 4.92. The number of amides is 1. The van der Waals surface area contributed by atoms with Crippen molar-refractivity contribution < 1.29 is 4.79 Å². The second-order valence-corrected chi connectivity index (χ2v) is 4.24. The summed E-state index contributed by atoms with van der Waals surface area (Å²) in [5, 5.41) is 0. The lowest BCUT2D eigenvalue weighted by atomic mass is 10.4. The van der Waals surface area contributed by atoms with Gasteiger partial charge in [0.15, 0.2) is 0 Å². The molecule has 0 aliphatic carbocycles. The highest BCUT2D eigenvalue weighted by Crippen LogP contribution is 2.06. The number of carbonyl (C=O) groups is 1. The highest BCUT2D eigenvalue weighted by atomic mass is 32.2. The Hall–Kier alpha value is -0.960. The third-order valence-electron chi connectivity index (χ3n) is 1.63. The number of carbonyl (C=O) groups excluding carboxylic acids is 1. The molecular formula is C10H13NOS. The Balaban J connectivity index is 2.85. The van der Waals surface area contributed by atoms with E-state index >= 15 is 0 Å². The van der Waals surface area contributed by atoms with Crippen molar-refractivity contribution in [3.63, 3.8) is 0 Å². The fourth-order valence-corrected chi connectivity index (χ4v) is 1.98. The molecule has 0 saturated carbocycles. The van der Waals surface area contributed by atoms with Crippen molar-refractivity contribution in [3.8, 4) is 0 Å². The minimum Gasteiger partial charge on any atom is -0.272 e. The van der Waals surface area contributed by atoms with E-state index in [1.165, 1.54) is 0 Å². The molecule has 1 atom stereocenters. The standard InChI is InChI=1S/C10H13NOS/c1-3-10(12)11-13(2)9-7-5-4-6-8-9/h4-8H,3H2,1-2H3. The molecule has 0 heterocycles. The maximum Gasteiger partial charge on any atom is 0.251 e. The molecule has 0 aromatic heterocycles. The van der Waals surface area contributed by atoms with Crippen LogP contribution in [0.25, 0.3) is 0 Å². The maximum absolute atomic E-state index is 11.0. The normalized spacial score (nSPS) is 12.8. The van der Waals surface area contributed by atoms with Gasteiger partial charge in [-0.3, -0.25) is 4.79 Å². The van der Waals surface area contributed by atoms with Gasteiger partial charge in [-0.05, 0) is 18.4 Å². The zero-order valence-corrected chi connectivity index (χ0v) is 8.67. The van der Waals surface area contributed by atoms with Crippen LogP contribution < -0.4 is 0 Å². The van der Waals surface area contributed by atoms with Crippen molar-refractivity contribution in [2.75, 3.05) is 6.26 Å². The largest absolute Gasteiger partial charge is 0.272 e. The Morgan fingerprint density at radius 2 is 2.00 bits per heavy atom. The van der Waals surface area contributed by atoms with Crippen molar-refractivity contribution in [1.82, 2.24) is 0 Å². The molecule has 0 saturated heterocycles. The quantitative estimate of drug-likeness (QED) is 0.712. The molecule has 2 nitrogen and oxygen atoms in total. The third-order valence-corrected chi connectivity index (χ3v) is 3.06. The summed E-state index contributed by atoms with van der Waals surface area (Å²) in [5.74, 6) is -0.0188. The van der Waals surface area contributed by atoms with Gasteiger partial charge in [0.25, 0.3) is 5.91 Å². The van der Waals surface area contributed by atoms with Gasteiger partial charge in [0, 0.05) is 11.3 Å². The lowest BCUT2D eigenvalue weighted by Gasteiger charge is -1.99. The van der Waals surface area contributed by atoms with Crippen molar-refractivity contribution >= 4 is 16.6 Å². The van der Waals surface area contributed by atoms with Crippen LogP contribution in [-0.4, -0.2) is 12.2 Å². The van der Waals surface area contributed by atoms with Crippen LogP contribution in [0, 0.1) is 0 Å². The van der Waals surface area contributed by atoms with Crippen molar-refractivity contribution in [2.24, 2.45) is 4.36 Å². The lowest BCUT2D eigenvalue weighted by Crippen LogP contribution is -1.94. The van der Waals surface area contributed by atoms with Crippen LogP contribution in [0.1, 0.15) is 13.3 Å². The van der Waals surface area contributed by atoms with Crippen molar-refractivity contribution in [2.45, 2.75) is 18.2 Å². The van der Waals surface area contributed by atoms with Gasteiger partial charge < -0.3 is 0 Å². The zero-order valence-electron chi connectivity index (χ0n) is 7.86. The van der Waals surface area contributed by atoms with E-state index in [0.29, 0.717) is 6.42 Å². The third kappa shape index (κ3) is 3.11. The number of benzene rings is 1. The van der Waals surface area contributed by atoms with E-state index in [2.05, 4.69) is 4.36 Å². The van der Waals surface area contributed by atoms with Gasteiger partial charge in [0.05, 0.1) is 0 Å². The van der Waals surface area contributed by atoms with Crippen molar-refractivity contribution in [1.29, 1.82) is 0 Å². The van der Waals surface area contributed by atoms with E-state index in [1.807, 2.05) is 43.5 Å². The van der Waals surface area contributed by atoms with Crippen molar-refractivity contribution in [3.05, 3.63) is 30.3 Å². The Kier molecular flexibility index (Phi) is 3.83. The number of rotatable bonds is 2. The number of hydrogen-bond acceptors (Lipinski definition) is 1. The van der Waals surface area contributed by atoms with Gasteiger partial charge in [-0.2, -0.15) is 4.36 Å². The van der Waals surface area contributed by atoms with E-state index in [1.54, 1.807) is 0 Å². The Labute approximate surface area is 81.1 Å². The lowest BCUT2D eigenvalue weighted by molar-refractivity contribution is -0.117. The molecule has 70 valence electrons. The average Bonchev–Trinajstić information content (AvgIpc) is 2.19. The molecule has 3 heteroatoms. The fourth-order valence-electron chi connectivity index (χ4n) is 0.887. The molecule has 0 radical (unpaired) electrons. The molecule has 0 aliphatic heterocycles. The predicted molar refractivity (Wildman–Crippen MR) is 55.7 cm³/mol. The fraction of sp³-hybridized carbons (Fsp3) is 0.300. The summed E-state index contributed by atoms with van der Waals surface area (Å²) in [7, 11) is -0.288. The number of hydrogen-bond donors (Lipinski definition) is 0. The molecule has 0 N–H and O–H groups in total. The Morgan fingerprint density at radius 3 is 2.54 bits per heavy atom. The molecule has 0 bridgehead atoms. The van der Waals surface area contributed by atoms with Gasteiger partial charge in [0.2, 0.25) is 0 Å². The van der Waals surface area contributed by atoms with Gasteiger partial charge in [-0.15, -0.1) is 0 Å². The molecule has 13 heavy (non-hydrogen) atoms. The average molecular weight is 195 g/mol. The molecule has 1 amide bonds. The van der Waals surface area contributed by atoms with E-state index < -0.39 is 0 Å². The van der Waals surface area contributed by atoms with E-state index in [-0.39, 0.29) is 16.6 Å². The summed E-state index contributed by atoms with van der Waals surface area (Å²) in [5.41, 5.74) is 0. The molecule has 1 unspecified atom stereocenters. The summed E-state index contributed by atoms with van der Waals surface area (Å²) < 4.78 is 4.05. The summed E-state index contributed by atoms with van der Waals surface area (Å²) in [6.45, 7) is 1.83. The van der Waals surface area contributed by atoms with E-state index in [4.69, 9.17) is 0 Å². The molecule has 0 aliphatic rings. The maximum atomic E-state index is 11.0. The van der Waals surface area contributed by atoms with E-state index in [0.717, 1.165) is 4.90 Å². The number of nitrogens with zero attached hydrogens (tertiary/aromatic N) is 1. The Bertz CT molecular complexity index is 319. The minimum absolute atomic E-state index is 0.0188. The first-order chi connectivity index (χ1) is 6.24. The van der Waals surface area contributed by atoms with Crippen LogP contribution >= 0.6 is 0 Å². The first kappa shape index (κ1) is 10.1. The van der Waals surface area contributed by atoms with Crippen LogP contribution in [0.15, 0.2) is 39.6 Å². The highest BCUT2D eigenvalue weighted by molar-refractivity contribution is 7.86. The van der Waals surface area contributed by atoms with Gasteiger partial charge in [-0.25, -0.2) is 0 Å². The van der Waals surface area contributed by atoms with Gasteiger partial charge in [0.1, 0.15) is 0 Å². The van der Waals surface area contributed by atoms with Crippen LogP contribution in [-0.2, 0) is 15.5 Å². The molecule has 1 aromatic rings. The van der Waals surface area contributed by atoms with Crippen LogP contribution in [0.2, 0.25) is 0 Å². The monoisotopic (exact) mass is 195 g/mol. The summed E-state index contributed by atoms with van der Waals surface area (Å²) in [6.07, 6.45) is 2.45. The smallest absolute Gasteiger partial charge is 0.251 e. The molecule has 0 spiro atoms. The summed E-state index contributed by atoms with van der Waals surface area (Å²) in [4.78, 5) is 12.2. The Morgan fingerprint density at radius 1 is 1.38 bits per heavy atom. The van der Waals surface area contributed by atoms with Crippen LogP contribution in [0.5, 0.6) is 0 Å². The van der Waals surface area contributed by atoms with Crippen LogP contribution in [0.3, 0.4) is 0 Å². The first-order valence-electron chi connectivity index (χ1n) is 4.19. The highest BCUT2D eigenvalue weighted by Gasteiger charge is 1.97. The van der Waals surface area contributed by atoms with E-state index in [9.17, 15) is 4.79 Å². The van der Waals surface area contributed by atoms with Gasteiger partial charge >= 0.3 is 0 Å². The van der Waals surface area contributed by atoms with Crippen LogP contribution in [0.4, 0.5) is 0 Å². The SMILES string of the molecule is CCC(=O)N=S(C)c1ccccc1. The molecule has 1 aromatic carbocycles. The van der Waals surface area contributed by atoms with Gasteiger partial charge in [-0.1, -0.05) is 35.8 Å². The predicted octanol–water partition coefficient (Wildman–Crippen LogP) is 2.41. The second-order valence-electron chi connectivity index (χ2n) is 2.63. The summed E-state index contributed by atoms with van der Waals surface area (Å²) >= 11 is 0. The molecule has 0 fully saturated rings. The summed E-state index contributed by atoms with van der Waals surface area (Å²) in [6, 6.07) is 9.88. The zero-order chi connectivity index (χ0) is 9.68. The minimum atomic E-state index is -0.288. The molecule has 1 rings (SSSR count). The topological polar surface area (TPSA) is 29.4 Å². The first-order valence-corrected chi connectivity index (χ1v) is 5.78.